The molecule has 2 aromatic carbocycles. The van der Waals surface area contributed by atoms with Crippen LogP contribution in [-0.2, 0) is 26.2 Å². The fourth-order valence-electron chi connectivity index (χ4n) is 5.11. The van der Waals surface area contributed by atoms with Crippen molar-refractivity contribution in [2.24, 2.45) is 10.8 Å². The van der Waals surface area contributed by atoms with E-state index in [-0.39, 0.29) is 36.0 Å². The minimum atomic E-state index is -5.18. The second-order valence-corrected chi connectivity index (χ2v) is 18.4. The van der Waals surface area contributed by atoms with Gasteiger partial charge in [-0.05, 0) is 0 Å². The molecule has 0 spiro atoms. The Morgan fingerprint density at radius 1 is 0.721 bits per heavy atom. The molecule has 2 amide bonds. The zero-order valence-corrected chi connectivity index (χ0v) is 27.3. The van der Waals surface area contributed by atoms with Crippen LogP contribution in [0.1, 0.15) is 40.5 Å². The molecule has 11 heteroatoms. The number of alkyl halides is 2. The molecule has 0 atom stereocenters. The van der Waals surface area contributed by atoms with Gasteiger partial charge in [0.05, 0.1) is 0 Å². The number of allylic oxidation sites excluding steroid dienone is 8. The van der Waals surface area contributed by atoms with Gasteiger partial charge in [-0.1, -0.05) is 0 Å². The number of hydrogen-bond donors (Lipinski definition) is 2. The molecule has 4 nitrogen and oxygen atoms in total. The van der Waals surface area contributed by atoms with E-state index in [9.17, 15) is 9.59 Å². The van der Waals surface area contributed by atoms with E-state index in [2.05, 4.69) is 10.6 Å². The second kappa shape index (κ2) is 12.8. The van der Waals surface area contributed by atoms with Crippen LogP contribution in [0.2, 0.25) is 0 Å². The molecule has 0 fully saturated rings. The van der Waals surface area contributed by atoms with Crippen molar-refractivity contribution in [3.63, 3.8) is 0 Å². The van der Waals surface area contributed by atoms with Crippen molar-refractivity contribution in [3.8, 4) is 0 Å². The summed E-state index contributed by atoms with van der Waals surface area (Å²) < 4.78 is 65.9. The molecule has 0 aromatic heterocycles. The van der Waals surface area contributed by atoms with Crippen LogP contribution in [0.25, 0.3) is 0 Å². The third kappa shape index (κ3) is 6.04. The number of rotatable bonds is 10. The summed E-state index contributed by atoms with van der Waals surface area (Å²) in [5.41, 5.74) is -2.83. The molecule has 0 radical (unpaired) electrons. The van der Waals surface area contributed by atoms with E-state index in [0.717, 1.165) is 24.3 Å². The summed E-state index contributed by atoms with van der Waals surface area (Å²) in [4.78, 5) is 25.9. The number of carbonyl (C=O) groups is 2. The van der Waals surface area contributed by atoms with Crippen LogP contribution in [-0.4, -0.2) is 23.6 Å². The van der Waals surface area contributed by atoms with Gasteiger partial charge in [-0.2, -0.15) is 0 Å². The fourth-order valence-corrected chi connectivity index (χ4v) is 13.6. The van der Waals surface area contributed by atoms with E-state index in [0.29, 0.717) is 7.76 Å². The quantitative estimate of drug-likeness (QED) is 0.157. The molecule has 0 saturated heterocycles. The summed E-state index contributed by atoms with van der Waals surface area (Å²) in [6, 6.07) is 4.17. The Labute approximate surface area is 262 Å². The third-order valence-electron chi connectivity index (χ3n) is 7.83. The van der Waals surface area contributed by atoms with E-state index in [4.69, 9.17) is 23.2 Å². The van der Waals surface area contributed by atoms with Gasteiger partial charge in [-0.15, -0.1) is 0 Å². The summed E-state index contributed by atoms with van der Waals surface area (Å²) >= 11 is 6.71. The van der Waals surface area contributed by atoms with Gasteiger partial charge in [-0.25, -0.2) is 0 Å². The van der Waals surface area contributed by atoms with E-state index in [1.54, 1.807) is 64.2 Å². The maximum atomic E-state index is 16.8. The molecule has 228 valence electrons. The van der Waals surface area contributed by atoms with Gasteiger partial charge >= 0.3 is 263 Å². The van der Waals surface area contributed by atoms with Crippen LogP contribution >= 0.6 is 23.2 Å². The number of halogens is 6. The predicted molar refractivity (Wildman–Crippen MR) is 162 cm³/mol. The average molecular weight is 671 g/mol. The number of amides is 2. The van der Waals surface area contributed by atoms with Crippen LogP contribution in [0.4, 0.5) is 28.9 Å². The van der Waals surface area contributed by atoms with Crippen LogP contribution in [0.15, 0.2) is 68.5 Å². The normalized spacial score (nSPS) is 15.0. The average Bonchev–Trinajstić information content (AvgIpc) is 3.70. The van der Waals surface area contributed by atoms with Gasteiger partial charge in [0.15, 0.2) is 0 Å². The summed E-state index contributed by atoms with van der Waals surface area (Å²) in [7, 11) is 0. The molecule has 0 unspecified atom stereocenters. The van der Waals surface area contributed by atoms with Gasteiger partial charge < -0.3 is 0 Å². The van der Waals surface area contributed by atoms with Gasteiger partial charge in [0.2, 0.25) is 0 Å². The topological polar surface area (TPSA) is 58.2 Å². The molecule has 4 rings (SSSR count). The molecule has 0 heterocycles. The van der Waals surface area contributed by atoms with Gasteiger partial charge in [0.25, 0.3) is 0 Å². The first-order valence-corrected chi connectivity index (χ1v) is 17.9. The first-order valence-electron chi connectivity index (χ1n) is 13.7. The van der Waals surface area contributed by atoms with Crippen molar-refractivity contribution in [1.82, 2.24) is 0 Å². The predicted octanol–water partition coefficient (Wildman–Crippen LogP) is 7.44. The van der Waals surface area contributed by atoms with E-state index in [1.807, 2.05) is 0 Å². The van der Waals surface area contributed by atoms with Crippen molar-refractivity contribution in [2.75, 3.05) is 22.4 Å². The zero-order chi connectivity index (χ0) is 31.7. The Morgan fingerprint density at radius 2 is 1.09 bits per heavy atom. The summed E-state index contributed by atoms with van der Waals surface area (Å²) in [6.07, 6.45) is 10.6. The third-order valence-corrected chi connectivity index (χ3v) is 17.1. The molecule has 0 bridgehead atoms. The Hall–Kier alpha value is -2.65. The summed E-state index contributed by atoms with van der Waals surface area (Å²) in [5.74, 6) is -5.57. The van der Waals surface area contributed by atoms with E-state index in [1.165, 1.54) is 0 Å². The number of anilines is 2. The van der Waals surface area contributed by atoms with Crippen LogP contribution in [0.3, 0.4) is 0 Å². The standard InChI is InChI=1S/2C11H11ClF2NO.2C5H5.Ti/c2*1-11(2,6-12)10(16)15-9-4-3-7(13)5-8(9)14;2*1-2-4-5-3-1;/h2*3-4H,6H2,1-2H3,(H,15,16);2*1-3H,4H2;. The van der Waals surface area contributed by atoms with Crippen molar-refractivity contribution < 1.29 is 43.7 Å². The molecule has 0 aliphatic heterocycles. The second-order valence-electron chi connectivity index (χ2n) is 11.9. The van der Waals surface area contributed by atoms with Crippen LogP contribution in [0, 0.1) is 34.1 Å². The van der Waals surface area contributed by atoms with E-state index >= 15 is 17.6 Å². The van der Waals surface area contributed by atoms with Gasteiger partial charge in [0, 0.05) is 0 Å². The Balaban J connectivity index is 2.06. The SMILES string of the molecule is CC(C)(CCl)C(=O)Nc1ccc(F)[c]([Ti]([C]2=CC=CC2)([C]2=CC=CC2)[c]2c(F)ccc(NC(=O)C(C)(C)CCl)c2F)c1F. The van der Waals surface area contributed by atoms with Gasteiger partial charge in [0.1, 0.15) is 0 Å². The molecule has 2 N–H and O–H groups in total. The number of nitrogens with one attached hydrogen (secondary N) is 2. The molecule has 2 aromatic rings. The summed E-state index contributed by atoms with van der Waals surface area (Å²) in [6.45, 7) is 6.28. The first-order chi connectivity index (χ1) is 20.2. The van der Waals surface area contributed by atoms with Crippen molar-refractivity contribution in [2.45, 2.75) is 40.5 Å². The maximum absolute atomic E-state index is 16.8. The first kappa shape index (κ1) is 33.3. The molecule has 0 saturated carbocycles. The fraction of sp³-hybridized carbons (Fsp3) is 0.312. The monoisotopic (exact) mass is 670 g/mol. The number of hydrogen-bond acceptors (Lipinski definition) is 2. The zero-order valence-electron chi connectivity index (χ0n) is 24.2. The van der Waals surface area contributed by atoms with Crippen LogP contribution < -0.4 is 18.4 Å². The summed E-state index contributed by atoms with van der Waals surface area (Å²) in [5, 5.41) is 5.00. The van der Waals surface area contributed by atoms with Gasteiger partial charge in [-0.3, -0.25) is 0 Å². The molecule has 2 aliphatic rings. The van der Waals surface area contributed by atoms with Crippen molar-refractivity contribution in [3.05, 3.63) is 91.7 Å². The van der Waals surface area contributed by atoms with Crippen molar-refractivity contribution in [1.29, 1.82) is 0 Å². The van der Waals surface area contributed by atoms with Crippen molar-refractivity contribution >= 4 is 54.1 Å². The molecular formula is C32H32Cl2F4N2O2Ti. The minimum absolute atomic E-state index is 0.0666. The number of carbonyl (C=O) groups excluding carboxylic acids is 2. The number of benzene rings is 2. The van der Waals surface area contributed by atoms with Crippen LogP contribution in [0.5, 0.6) is 0 Å². The molecule has 2 aliphatic carbocycles. The molecular weight excluding hydrogens is 639 g/mol. The Kier molecular flexibility index (Phi) is 9.87. The Bertz CT molecular complexity index is 1480. The van der Waals surface area contributed by atoms with E-state index < -0.39 is 70.2 Å². The molecule has 43 heavy (non-hydrogen) atoms. The Morgan fingerprint density at radius 3 is 1.40 bits per heavy atom.